The van der Waals surface area contributed by atoms with Gasteiger partial charge in [-0.2, -0.15) is 0 Å². The molecule has 100 valence electrons. The third kappa shape index (κ3) is 3.51. The normalized spacial score (nSPS) is 10.3. The van der Waals surface area contributed by atoms with Crippen molar-refractivity contribution in [3.63, 3.8) is 0 Å². The predicted molar refractivity (Wildman–Crippen MR) is 81.1 cm³/mol. The van der Waals surface area contributed by atoms with Gasteiger partial charge < -0.3 is 9.47 Å². The number of benzene rings is 2. The summed E-state index contributed by atoms with van der Waals surface area (Å²) in [4.78, 5) is 0. The molecule has 0 saturated carbocycles. The van der Waals surface area contributed by atoms with E-state index in [4.69, 9.17) is 9.47 Å². The van der Waals surface area contributed by atoms with Crippen molar-refractivity contribution in [3.05, 3.63) is 59.2 Å². The molecule has 19 heavy (non-hydrogen) atoms. The fourth-order valence-corrected chi connectivity index (χ4v) is 2.29. The minimum atomic E-state index is 0.582. The van der Waals surface area contributed by atoms with Crippen molar-refractivity contribution < 1.29 is 9.47 Å². The number of aryl methyl sites for hydroxylation is 1. The predicted octanol–water partition coefficient (Wildman–Crippen LogP) is 4.48. The van der Waals surface area contributed by atoms with Gasteiger partial charge in [0.05, 0.1) is 7.11 Å². The van der Waals surface area contributed by atoms with Crippen LogP contribution in [0.3, 0.4) is 0 Å². The van der Waals surface area contributed by atoms with E-state index in [2.05, 4.69) is 35.0 Å². The number of ether oxygens (including phenoxy) is 2. The van der Waals surface area contributed by atoms with Gasteiger partial charge in [0, 0.05) is 10.9 Å². The first kappa shape index (κ1) is 13.9. The highest BCUT2D eigenvalue weighted by atomic mass is 79.9. The second-order valence-electron chi connectivity index (χ2n) is 4.32. The van der Waals surface area contributed by atoms with E-state index in [0.29, 0.717) is 6.61 Å². The van der Waals surface area contributed by atoms with E-state index in [0.717, 1.165) is 22.4 Å². The van der Waals surface area contributed by atoms with Gasteiger partial charge in [-0.05, 0) is 36.2 Å². The Morgan fingerprint density at radius 1 is 1.05 bits per heavy atom. The van der Waals surface area contributed by atoms with Crippen molar-refractivity contribution in [3.8, 4) is 11.5 Å². The first-order valence-electron chi connectivity index (χ1n) is 6.14. The smallest absolute Gasteiger partial charge is 0.124 e. The van der Waals surface area contributed by atoms with Crippen LogP contribution in [-0.4, -0.2) is 7.11 Å². The first-order chi connectivity index (χ1) is 9.24. The van der Waals surface area contributed by atoms with Gasteiger partial charge in [-0.25, -0.2) is 0 Å². The molecule has 2 aromatic rings. The zero-order chi connectivity index (χ0) is 13.7. The SMILES string of the molecule is COc1ccc(OCc2ccccc2C)c(CBr)c1. The monoisotopic (exact) mass is 320 g/mol. The third-order valence-corrected chi connectivity index (χ3v) is 3.66. The van der Waals surface area contributed by atoms with E-state index in [1.807, 2.05) is 30.3 Å². The molecule has 0 saturated heterocycles. The van der Waals surface area contributed by atoms with Crippen molar-refractivity contribution in [1.82, 2.24) is 0 Å². The molecule has 3 heteroatoms. The lowest BCUT2D eigenvalue weighted by atomic mass is 10.1. The lowest BCUT2D eigenvalue weighted by molar-refractivity contribution is 0.302. The standard InChI is InChI=1S/C16H17BrO2/c1-12-5-3-4-6-13(12)11-19-16-8-7-15(18-2)9-14(16)10-17/h3-9H,10-11H2,1-2H3. The van der Waals surface area contributed by atoms with Crippen LogP contribution in [0.4, 0.5) is 0 Å². The molecule has 0 aliphatic heterocycles. The van der Waals surface area contributed by atoms with Crippen molar-refractivity contribution in [2.75, 3.05) is 7.11 Å². The summed E-state index contributed by atoms with van der Waals surface area (Å²) in [5.74, 6) is 1.73. The Hall–Kier alpha value is -1.48. The zero-order valence-corrected chi connectivity index (χ0v) is 12.7. The van der Waals surface area contributed by atoms with E-state index >= 15 is 0 Å². The van der Waals surface area contributed by atoms with Crippen molar-refractivity contribution >= 4 is 15.9 Å². The van der Waals surface area contributed by atoms with Crippen molar-refractivity contribution in [1.29, 1.82) is 0 Å². The molecule has 0 spiro atoms. The Bertz CT molecular complexity index is 552. The zero-order valence-electron chi connectivity index (χ0n) is 11.2. The summed E-state index contributed by atoms with van der Waals surface area (Å²) >= 11 is 3.48. The molecular weight excluding hydrogens is 304 g/mol. The molecule has 0 N–H and O–H groups in total. The number of hydrogen-bond acceptors (Lipinski definition) is 2. The van der Waals surface area contributed by atoms with Gasteiger partial charge >= 0.3 is 0 Å². The second-order valence-corrected chi connectivity index (χ2v) is 4.88. The summed E-state index contributed by atoms with van der Waals surface area (Å²) in [6.45, 7) is 2.68. The van der Waals surface area contributed by atoms with Crippen LogP contribution < -0.4 is 9.47 Å². The summed E-state index contributed by atoms with van der Waals surface area (Å²) in [5, 5.41) is 0.743. The lowest BCUT2D eigenvalue weighted by Crippen LogP contribution is -2.00. The summed E-state index contributed by atoms with van der Waals surface area (Å²) in [6, 6.07) is 14.1. The maximum absolute atomic E-state index is 5.91. The van der Waals surface area contributed by atoms with Crippen molar-refractivity contribution in [2.24, 2.45) is 0 Å². The Balaban J connectivity index is 2.13. The molecule has 0 aliphatic carbocycles. The van der Waals surface area contributed by atoms with Crippen LogP contribution in [0.2, 0.25) is 0 Å². The van der Waals surface area contributed by atoms with Crippen LogP contribution in [0, 0.1) is 6.92 Å². The van der Waals surface area contributed by atoms with Crippen LogP contribution in [-0.2, 0) is 11.9 Å². The van der Waals surface area contributed by atoms with E-state index < -0.39 is 0 Å². The molecule has 0 unspecified atom stereocenters. The van der Waals surface area contributed by atoms with Crippen molar-refractivity contribution in [2.45, 2.75) is 18.9 Å². The quantitative estimate of drug-likeness (QED) is 0.756. The fraction of sp³-hybridized carbons (Fsp3) is 0.250. The first-order valence-corrected chi connectivity index (χ1v) is 7.27. The molecule has 2 nitrogen and oxygen atoms in total. The Kier molecular flexibility index (Phi) is 4.86. The van der Waals surface area contributed by atoms with Gasteiger partial charge in [-0.1, -0.05) is 40.2 Å². The second kappa shape index (κ2) is 6.62. The largest absolute Gasteiger partial charge is 0.497 e. The lowest BCUT2D eigenvalue weighted by Gasteiger charge is -2.12. The molecule has 0 aromatic heterocycles. The van der Waals surface area contributed by atoms with Crippen LogP contribution in [0.5, 0.6) is 11.5 Å². The van der Waals surface area contributed by atoms with Gasteiger partial charge in [0.1, 0.15) is 18.1 Å². The number of methoxy groups -OCH3 is 1. The number of hydrogen-bond donors (Lipinski definition) is 0. The number of halogens is 1. The minimum absolute atomic E-state index is 0.582. The summed E-state index contributed by atoms with van der Waals surface area (Å²) in [7, 11) is 1.67. The van der Waals surface area contributed by atoms with Gasteiger partial charge in [0.15, 0.2) is 0 Å². The highest BCUT2D eigenvalue weighted by molar-refractivity contribution is 9.08. The third-order valence-electron chi connectivity index (χ3n) is 3.06. The van der Waals surface area contributed by atoms with Gasteiger partial charge in [-0.3, -0.25) is 0 Å². The fourth-order valence-electron chi connectivity index (χ4n) is 1.86. The molecule has 0 amide bonds. The highest BCUT2D eigenvalue weighted by Gasteiger charge is 2.06. The van der Waals surface area contributed by atoms with Crippen LogP contribution in [0.25, 0.3) is 0 Å². The topological polar surface area (TPSA) is 18.5 Å². The molecule has 0 fully saturated rings. The molecule has 2 aromatic carbocycles. The highest BCUT2D eigenvalue weighted by Crippen LogP contribution is 2.27. The van der Waals surface area contributed by atoms with E-state index in [1.165, 1.54) is 11.1 Å². The number of alkyl halides is 1. The molecule has 0 bridgehead atoms. The average molecular weight is 321 g/mol. The number of rotatable bonds is 5. The van der Waals surface area contributed by atoms with Gasteiger partial charge in [0.25, 0.3) is 0 Å². The molecule has 2 rings (SSSR count). The maximum atomic E-state index is 5.91. The molecular formula is C16H17BrO2. The summed E-state index contributed by atoms with van der Waals surface area (Å²) in [6.07, 6.45) is 0. The van der Waals surface area contributed by atoms with Gasteiger partial charge in [0.2, 0.25) is 0 Å². The molecule has 0 aliphatic rings. The summed E-state index contributed by atoms with van der Waals surface area (Å²) < 4.78 is 11.1. The Morgan fingerprint density at radius 2 is 1.84 bits per heavy atom. The summed E-state index contributed by atoms with van der Waals surface area (Å²) in [5.41, 5.74) is 3.54. The van der Waals surface area contributed by atoms with Crippen LogP contribution in [0.1, 0.15) is 16.7 Å². The Labute approximate surface area is 122 Å². The molecule has 0 radical (unpaired) electrons. The molecule has 0 atom stereocenters. The van der Waals surface area contributed by atoms with Crippen LogP contribution >= 0.6 is 15.9 Å². The van der Waals surface area contributed by atoms with E-state index in [9.17, 15) is 0 Å². The van der Waals surface area contributed by atoms with Crippen LogP contribution in [0.15, 0.2) is 42.5 Å². The van der Waals surface area contributed by atoms with Gasteiger partial charge in [-0.15, -0.1) is 0 Å². The van der Waals surface area contributed by atoms with E-state index in [1.54, 1.807) is 7.11 Å². The van der Waals surface area contributed by atoms with E-state index in [-0.39, 0.29) is 0 Å². The Morgan fingerprint density at radius 3 is 2.53 bits per heavy atom. The minimum Gasteiger partial charge on any atom is -0.497 e. The maximum Gasteiger partial charge on any atom is 0.124 e. The molecule has 0 heterocycles. The average Bonchev–Trinajstić information content (AvgIpc) is 2.46.